The molecule has 0 aromatic heterocycles. The number of benzene rings is 2. The van der Waals surface area contributed by atoms with E-state index in [1.807, 2.05) is 38.4 Å². The summed E-state index contributed by atoms with van der Waals surface area (Å²) in [6.07, 6.45) is 2.67. The molecule has 5 heteroatoms. The lowest BCUT2D eigenvalue weighted by Gasteiger charge is -2.31. The number of ether oxygens (including phenoxy) is 1. The maximum Gasteiger partial charge on any atom is 0.294 e. The van der Waals surface area contributed by atoms with E-state index < -0.39 is 0 Å². The van der Waals surface area contributed by atoms with Crippen LogP contribution in [0.25, 0.3) is 6.08 Å². The van der Waals surface area contributed by atoms with Gasteiger partial charge >= 0.3 is 0 Å². The van der Waals surface area contributed by atoms with Crippen molar-refractivity contribution >= 4 is 23.4 Å². The molecule has 0 fully saturated rings. The van der Waals surface area contributed by atoms with E-state index in [4.69, 9.17) is 10.5 Å². The van der Waals surface area contributed by atoms with E-state index in [2.05, 4.69) is 30.9 Å². The SMILES string of the molecule is CC(C)c1ccc(/C=C2/Oc3ccc(N)cc3N(CCCN(C)C)C2=O)cc1. The van der Waals surface area contributed by atoms with Crippen molar-refractivity contribution in [2.24, 2.45) is 0 Å². The first-order valence-corrected chi connectivity index (χ1v) is 9.71. The lowest BCUT2D eigenvalue weighted by atomic mass is 10.0. The Morgan fingerprint density at radius 3 is 2.50 bits per heavy atom. The Morgan fingerprint density at radius 1 is 1.14 bits per heavy atom. The fourth-order valence-electron chi connectivity index (χ4n) is 3.22. The normalized spacial score (nSPS) is 15.3. The number of carbonyl (C=O) groups excluding carboxylic acids is 1. The molecule has 28 heavy (non-hydrogen) atoms. The van der Waals surface area contributed by atoms with Crippen LogP contribution in [-0.2, 0) is 4.79 Å². The summed E-state index contributed by atoms with van der Waals surface area (Å²) in [7, 11) is 4.05. The minimum Gasteiger partial charge on any atom is -0.449 e. The molecule has 0 aliphatic carbocycles. The summed E-state index contributed by atoms with van der Waals surface area (Å²) >= 11 is 0. The van der Waals surface area contributed by atoms with Crippen LogP contribution in [0.3, 0.4) is 0 Å². The van der Waals surface area contributed by atoms with E-state index in [-0.39, 0.29) is 5.91 Å². The summed E-state index contributed by atoms with van der Waals surface area (Å²) in [6.45, 7) is 5.84. The summed E-state index contributed by atoms with van der Waals surface area (Å²) in [5.74, 6) is 1.33. The van der Waals surface area contributed by atoms with Crippen molar-refractivity contribution in [3.05, 3.63) is 59.4 Å². The van der Waals surface area contributed by atoms with Gasteiger partial charge in [0.2, 0.25) is 0 Å². The van der Waals surface area contributed by atoms with E-state index in [9.17, 15) is 4.79 Å². The predicted molar refractivity (Wildman–Crippen MR) is 116 cm³/mol. The zero-order chi connectivity index (χ0) is 20.3. The lowest BCUT2D eigenvalue weighted by molar-refractivity contribution is -0.117. The summed E-state index contributed by atoms with van der Waals surface area (Å²) < 4.78 is 5.94. The number of hydrogen-bond acceptors (Lipinski definition) is 4. The third-order valence-corrected chi connectivity index (χ3v) is 4.84. The topological polar surface area (TPSA) is 58.8 Å². The van der Waals surface area contributed by atoms with Crippen LogP contribution in [0, 0.1) is 0 Å². The second-order valence-corrected chi connectivity index (χ2v) is 7.77. The number of anilines is 2. The summed E-state index contributed by atoms with van der Waals surface area (Å²) in [5.41, 5.74) is 9.51. The molecule has 0 radical (unpaired) electrons. The number of amides is 1. The van der Waals surface area contributed by atoms with Gasteiger partial charge in [-0.25, -0.2) is 0 Å². The molecule has 1 heterocycles. The Bertz CT molecular complexity index is 870. The molecule has 0 saturated heterocycles. The molecule has 1 amide bonds. The van der Waals surface area contributed by atoms with Crippen LogP contribution in [0.15, 0.2) is 48.2 Å². The van der Waals surface area contributed by atoms with Crippen LogP contribution in [0.2, 0.25) is 0 Å². The monoisotopic (exact) mass is 379 g/mol. The molecular formula is C23H29N3O2. The Morgan fingerprint density at radius 2 is 1.86 bits per heavy atom. The maximum absolute atomic E-state index is 13.1. The molecule has 1 aliphatic heterocycles. The van der Waals surface area contributed by atoms with Gasteiger partial charge in [0.25, 0.3) is 5.91 Å². The molecule has 148 valence electrons. The van der Waals surface area contributed by atoms with Gasteiger partial charge in [0.05, 0.1) is 5.69 Å². The standard InChI is InChI=1S/C23H29N3O2/c1-16(2)18-8-6-17(7-9-18)14-22-23(27)26(13-5-12-25(3)4)20-15-19(24)10-11-21(20)28-22/h6-11,14-16H,5,12-13,24H2,1-4H3/b22-14+. The highest BCUT2D eigenvalue weighted by Crippen LogP contribution is 2.37. The number of hydrogen-bond donors (Lipinski definition) is 1. The molecule has 0 spiro atoms. The van der Waals surface area contributed by atoms with E-state index >= 15 is 0 Å². The van der Waals surface area contributed by atoms with Crippen molar-refractivity contribution in [3.63, 3.8) is 0 Å². The van der Waals surface area contributed by atoms with Crippen molar-refractivity contribution in [3.8, 4) is 5.75 Å². The molecule has 0 unspecified atom stereocenters. The first-order chi connectivity index (χ1) is 13.3. The fourth-order valence-corrected chi connectivity index (χ4v) is 3.22. The van der Waals surface area contributed by atoms with Gasteiger partial charge in [-0.2, -0.15) is 0 Å². The lowest BCUT2D eigenvalue weighted by Crippen LogP contribution is -2.39. The summed E-state index contributed by atoms with van der Waals surface area (Å²) in [4.78, 5) is 17.0. The summed E-state index contributed by atoms with van der Waals surface area (Å²) in [6, 6.07) is 13.6. The van der Waals surface area contributed by atoms with Gasteiger partial charge in [0.15, 0.2) is 11.5 Å². The molecule has 0 saturated carbocycles. The Hall–Kier alpha value is -2.79. The minimum absolute atomic E-state index is 0.134. The van der Waals surface area contributed by atoms with Crippen molar-refractivity contribution in [2.75, 3.05) is 37.8 Å². The van der Waals surface area contributed by atoms with Crippen molar-refractivity contribution in [1.82, 2.24) is 4.90 Å². The van der Waals surface area contributed by atoms with Gasteiger partial charge in [0.1, 0.15) is 0 Å². The quantitative estimate of drug-likeness (QED) is 0.606. The zero-order valence-corrected chi connectivity index (χ0v) is 17.1. The van der Waals surface area contributed by atoms with E-state index in [1.165, 1.54) is 5.56 Å². The highest BCUT2D eigenvalue weighted by atomic mass is 16.5. The second-order valence-electron chi connectivity index (χ2n) is 7.77. The molecule has 1 aliphatic rings. The highest BCUT2D eigenvalue weighted by Gasteiger charge is 2.30. The third-order valence-electron chi connectivity index (χ3n) is 4.84. The maximum atomic E-state index is 13.1. The Kier molecular flexibility index (Phi) is 6.05. The third kappa shape index (κ3) is 4.54. The number of carbonyl (C=O) groups is 1. The zero-order valence-electron chi connectivity index (χ0n) is 17.1. The van der Waals surface area contributed by atoms with Gasteiger partial charge in [-0.3, -0.25) is 4.79 Å². The van der Waals surface area contributed by atoms with Crippen molar-refractivity contribution in [2.45, 2.75) is 26.2 Å². The van der Waals surface area contributed by atoms with E-state index in [0.717, 1.165) is 24.2 Å². The molecule has 3 rings (SSSR count). The Balaban J connectivity index is 1.90. The molecule has 2 N–H and O–H groups in total. The van der Waals surface area contributed by atoms with Crippen molar-refractivity contribution in [1.29, 1.82) is 0 Å². The fraction of sp³-hybridized carbons (Fsp3) is 0.348. The van der Waals surface area contributed by atoms with E-state index in [0.29, 0.717) is 29.7 Å². The van der Waals surface area contributed by atoms with Crippen LogP contribution in [0.4, 0.5) is 11.4 Å². The molecule has 2 aromatic carbocycles. The predicted octanol–water partition coefficient (Wildman–Crippen LogP) is 4.11. The smallest absolute Gasteiger partial charge is 0.294 e. The van der Waals surface area contributed by atoms with Crippen LogP contribution in [0.5, 0.6) is 5.75 Å². The largest absolute Gasteiger partial charge is 0.449 e. The van der Waals surface area contributed by atoms with Gasteiger partial charge in [-0.1, -0.05) is 38.1 Å². The average molecular weight is 380 g/mol. The van der Waals surface area contributed by atoms with Gasteiger partial charge in [-0.05, 0) is 68.4 Å². The first-order valence-electron chi connectivity index (χ1n) is 9.71. The number of fused-ring (bicyclic) bond motifs is 1. The summed E-state index contributed by atoms with van der Waals surface area (Å²) in [5, 5.41) is 0. The van der Waals surface area contributed by atoms with Crippen LogP contribution < -0.4 is 15.4 Å². The van der Waals surface area contributed by atoms with Crippen LogP contribution in [-0.4, -0.2) is 38.0 Å². The minimum atomic E-state index is -0.134. The molecule has 2 aromatic rings. The van der Waals surface area contributed by atoms with Gasteiger partial charge in [0, 0.05) is 12.2 Å². The Labute approximate surface area is 167 Å². The number of nitrogen functional groups attached to an aromatic ring is 1. The van der Waals surface area contributed by atoms with Crippen LogP contribution >= 0.6 is 0 Å². The molecule has 0 bridgehead atoms. The first kappa shape index (κ1) is 20.0. The molecule has 5 nitrogen and oxygen atoms in total. The average Bonchev–Trinajstić information content (AvgIpc) is 2.65. The van der Waals surface area contributed by atoms with Crippen molar-refractivity contribution < 1.29 is 9.53 Å². The van der Waals surface area contributed by atoms with E-state index in [1.54, 1.807) is 17.0 Å². The van der Waals surface area contributed by atoms with Gasteiger partial charge in [-0.15, -0.1) is 0 Å². The second kappa shape index (κ2) is 8.48. The number of nitrogens with two attached hydrogens (primary N) is 1. The number of rotatable bonds is 6. The number of nitrogens with zero attached hydrogens (tertiary/aromatic N) is 2. The molecular weight excluding hydrogens is 350 g/mol. The molecule has 0 atom stereocenters. The van der Waals surface area contributed by atoms with Gasteiger partial charge < -0.3 is 20.3 Å². The highest BCUT2D eigenvalue weighted by molar-refractivity contribution is 6.10. The van der Waals surface area contributed by atoms with Crippen LogP contribution in [0.1, 0.15) is 37.3 Å².